The maximum Gasteiger partial charge on any atom is 0.234 e. The van der Waals surface area contributed by atoms with Crippen LogP contribution in [0.1, 0.15) is 38.5 Å². The molecule has 33 heavy (non-hydrogen) atoms. The van der Waals surface area contributed by atoms with Crippen molar-refractivity contribution < 1.29 is 19.0 Å². The van der Waals surface area contributed by atoms with E-state index in [1.54, 1.807) is 0 Å². The largest absolute Gasteiger partial charge is 0.490 e. The Morgan fingerprint density at radius 1 is 1.03 bits per heavy atom. The molecule has 1 aromatic heterocycles. The highest BCUT2D eigenvalue weighted by atomic mass is 32.2. The smallest absolute Gasteiger partial charge is 0.234 e. The van der Waals surface area contributed by atoms with Crippen LogP contribution in [-0.4, -0.2) is 65.4 Å². The van der Waals surface area contributed by atoms with E-state index in [1.165, 1.54) is 31.0 Å². The molecule has 3 aliphatic heterocycles. The maximum absolute atomic E-state index is 12.7. The third-order valence-electron chi connectivity index (χ3n) is 6.11. The predicted molar refractivity (Wildman–Crippen MR) is 126 cm³/mol. The SMILES string of the molecule is O=C(CSc1nnc(N2CCCCC2)n1CC1CCCO1)Nc1ccc2c(c1)OCCCO2. The average Bonchev–Trinajstić information content (AvgIpc) is 3.43. The van der Waals surface area contributed by atoms with Crippen molar-refractivity contribution in [3.05, 3.63) is 18.2 Å². The number of benzene rings is 1. The van der Waals surface area contributed by atoms with Gasteiger partial charge < -0.3 is 24.4 Å². The van der Waals surface area contributed by atoms with Gasteiger partial charge in [-0.3, -0.25) is 9.36 Å². The van der Waals surface area contributed by atoms with E-state index in [2.05, 4.69) is 25.0 Å². The number of rotatable bonds is 7. The molecule has 2 fully saturated rings. The summed E-state index contributed by atoms with van der Waals surface area (Å²) in [6.07, 6.45) is 6.77. The number of anilines is 2. The second-order valence-electron chi connectivity index (χ2n) is 8.62. The van der Waals surface area contributed by atoms with Crippen LogP contribution in [0.3, 0.4) is 0 Å². The first-order valence-electron chi connectivity index (χ1n) is 11.9. The Hall–Kier alpha value is -2.46. The highest BCUT2D eigenvalue weighted by molar-refractivity contribution is 7.99. The Labute approximate surface area is 198 Å². The second-order valence-corrected chi connectivity index (χ2v) is 9.57. The molecule has 0 bridgehead atoms. The molecule has 1 aromatic carbocycles. The van der Waals surface area contributed by atoms with Gasteiger partial charge in [-0.2, -0.15) is 0 Å². The standard InChI is InChI=1S/C23H31N5O4S/c29-21(24-17-7-8-19-20(14-17)32-13-5-12-31-19)16-33-23-26-25-22(27-9-2-1-3-10-27)28(23)15-18-6-4-11-30-18/h7-8,14,18H,1-6,9-13,15-16H2,(H,24,29). The van der Waals surface area contributed by atoms with Crippen molar-refractivity contribution in [3.63, 3.8) is 0 Å². The Balaban J connectivity index is 1.24. The number of thioether (sulfide) groups is 1. The molecular formula is C23H31N5O4S. The van der Waals surface area contributed by atoms with E-state index in [0.29, 0.717) is 30.4 Å². The van der Waals surface area contributed by atoms with E-state index in [1.807, 2.05) is 18.2 Å². The van der Waals surface area contributed by atoms with Crippen LogP contribution < -0.4 is 19.7 Å². The van der Waals surface area contributed by atoms with Crippen LogP contribution in [0.4, 0.5) is 11.6 Å². The Morgan fingerprint density at radius 3 is 2.70 bits per heavy atom. The van der Waals surface area contributed by atoms with E-state index in [9.17, 15) is 4.79 Å². The summed E-state index contributed by atoms with van der Waals surface area (Å²) in [5, 5.41) is 12.7. The van der Waals surface area contributed by atoms with Crippen LogP contribution in [0.15, 0.2) is 23.4 Å². The van der Waals surface area contributed by atoms with Gasteiger partial charge in [0.1, 0.15) is 0 Å². The minimum Gasteiger partial charge on any atom is -0.490 e. The number of fused-ring (bicyclic) bond motifs is 1. The molecule has 1 atom stereocenters. The van der Waals surface area contributed by atoms with Gasteiger partial charge in [-0.05, 0) is 44.2 Å². The van der Waals surface area contributed by atoms with Crippen LogP contribution >= 0.6 is 11.8 Å². The molecule has 0 spiro atoms. The first-order valence-corrected chi connectivity index (χ1v) is 12.9. The third kappa shape index (κ3) is 5.55. The number of hydrogen-bond donors (Lipinski definition) is 1. The summed E-state index contributed by atoms with van der Waals surface area (Å²) in [7, 11) is 0. The van der Waals surface area contributed by atoms with Crippen LogP contribution in [0.25, 0.3) is 0 Å². The summed E-state index contributed by atoms with van der Waals surface area (Å²) >= 11 is 1.41. The van der Waals surface area contributed by atoms with Crippen molar-refractivity contribution in [1.29, 1.82) is 0 Å². The molecule has 1 unspecified atom stereocenters. The molecule has 0 saturated carbocycles. The molecule has 1 N–H and O–H groups in total. The van der Waals surface area contributed by atoms with Gasteiger partial charge in [-0.15, -0.1) is 10.2 Å². The highest BCUT2D eigenvalue weighted by Crippen LogP contribution is 2.32. The lowest BCUT2D eigenvalue weighted by molar-refractivity contribution is -0.113. The molecule has 1 amide bonds. The summed E-state index contributed by atoms with van der Waals surface area (Å²) in [6, 6.07) is 5.49. The number of nitrogens with zero attached hydrogens (tertiary/aromatic N) is 4. The first kappa shape index (κ1) is 22.3. The fraction of sp³-hybridized carbons (Fsp3) is 0.609. The lowest BCUT2D eigenvalue weighted by Crippen LogP contribution is -2.33. The Morgan fingerprint density at radius 2 is 1.88 bits per heavy atom. The van der Waals surface area contributed by atoms with Gasteiger partial charge in [0, 0.05) is 37.9 Å². The van der Waals surface area contributed by atoms with E-state index in [-0.39, 0.29) is 17.8 Å². The van der Waals surface area contributed by atoms with Crippen molar-refractivity contribution in [2.75, 3.05) is 48.9 Å². The van der Waals surface area contributed by atoms with Crippen molar-refractivity contribution in [2.24, 2.45) is 0 Å². The summed E-state index contributed by atoms with van der Waals surface area (Å²) in [5.74, 6) is 2.43. The number of carbonyl (C=O) groups excluding carboxylic acids is 1. The average molecular weight is 474 g/mol. The zero-order valence-electron chi connectivity index (χ0n) is 18.8. The summed E-state index contributed by atoms with van der Waals surface area (Å²) in [5.41, 5.74) is 0.694. The molecule has 9 nitrogen and oxygen atoms in total. The molecule has 2 saturated heterocycles. The third-order valence-corrected chi connectivity index (χ3v) is 7.08. The summed E-state index contributed by atoms with van der Waals surface area (Å²) in [4.78, 5) is 15.0. The van der Waals surface area contributed by atoms with E-state index >= 15 is 0 Å². The van der Waals surface area contributed by atoms with Gasteiger partial charge in [0.15, 0.2) is 16.7 Å². The number of ether oxygens (including phenoxy) is 3. The minimum atomic E-state index is -0.0966. The topological polar surface area (TPSA) is 90.7 Å². The van der Waals surface area contributed by atoms with Crippen LogP contribution in [0.5, 0.6) is 11.5 Å². The lowest BCUT2D eigenvalue weighted by atomic mass is 10.1. The van der Waals surface area contributed by atoms with E-state index in [4.69, 9.17) is 14.2 Å². The monoisotopic (exact) mass is 473 g/mol. The number of piperidine rings is 1. The Bertz CT molecular complexity index is 956. The van der Waals surface area contributed by atoms with Crippen LogP contribution in [-0.2, 0) is 16.1 Å². The predicted octanol–water partition coefficient (Wildman–Crippen LogP) is 3.34. The van der Waals surface area contributed by atoms with Crippen molar-refractivity contribution >= 4 is 29.3 Å². The zero-order chi connectivity index (χ0) is 22.5. The molecule has 3 aliphatic rings. The van der Waals surface area contributed by atoms with Gasteiger partial charge in [-0.25, -0.2) is 0 Å². The molecule has 10 heteroatoms. The molecule has 0 radical (unpaired) electrons. The number of hydrogen-bond acceptors (Lipinski definition) is 8. The Kier molecular flexibility index (Phi) is 7.21. The number of aromatic nitrogens is 3. The highest BCUT2D eigenvalue weighted by Gasteiger charge is 2.25. The van der Waals surface area contributed by atoms with Crippen LogP contribution in [0.2, 0.25) is 0 Å². The van der Waals surface area contributed by atoms with Gasteiger partial charge in [-0.1, -0.05) is 11.8 Å². The van der Waals surface area contributed by atoms with Gasteiger partial charge in [0.05, 0.1) is 31.6 Å². The maximum atomic E-state index is 12.7. The molecular weight excluding hydrogens is 442 g/mol. The van der Waals surface area contributed by atoms with Gasteiger partial charge >= 0.3 is 0 Å². The quantitative estimate of drug-likeness (QED) is 0.613. The normalized spacial score (nSPS) is 20.5. The molecule has 0 aliphatic carbocycles. The number of carbonyl (C=O) groups is 1. The first-order chi connectivity index (χ1) is 16.3. The van der Waals surface area contributed by atoms with Crippen molar-refractivity contribution in [1.82, 2.24) is 14.8 Å². The zero-order valence-corrected chi connectivity index (χ0v) is 19.6. The fourth-order valence-corrected chi connectivity index (χ4v) is 5.18. The van der Waals surface area contributed by atoms with Crippen LogP contribution in [0, 0.1) is 0 Å². The molecule has 4 heterocycles. The number of nitrogens with one attached hydrogen (secondary N) is 1. The van der Waals surface area contributed by atoms with E-state index in [0.717, 1.165) is 56.6 Å². The molecule has 178 valence electrons. The van der Waals surface area contributed by atoms with Crippen molar-refractivity contribution in [3.8, 4) is 11.5 Å². The molecule has 5 rings (SSSR count). The fourth-order valence-electron chi connectivity index (χ4n) is 4.44. The summed E-state index contributed by atoms with van der Waals surface area (Å²) < 4.78 is 19.4. The minimum absolute atomic E-state index is 0.0966. The summed E-state index contributed by atoms with van der Waals surface area (Å²) in [6.45, 7) is 4.79. The van der Waals surface area contributed by atoms with Gasteiger partial charge in [0.2, 0.25) is 11.9 Å². The number of amides is 1. The molecule has 2 aromatic rings. The van der Waals surface area contributed by atoms with Gasteiger partial charge in [0.25, 0.3) is 0 Å². The van der Waals surface area contributed by atoms with Crippen molar-refractivity contribution in [2.45, 2.75) is 56.3 Å². The second kappa shape index (κ2) is 10.6. The van der Waals surface area contributed by atoms with E-state index < -0.39 is 0 Å². The lowest BCUT2D eigenvalue weighted by Gasteiger charge is -2.28.